The third kappa shape index (κ3) is 6.67. The van der Waals surface area contributed by atoms with E-state index in [2.05, 4.69) is 36.9 Å². The zero-order chi connectivity index (χ0) is 28.1. The summed E-state index contributed by atoms with van der Waals surface area (Å²) < 4.78 is 50.0. The van der Waals surface area contributed by atoms with E-state index in [0.29, 0.717) is 23.9 Å². The molecule has 3 aromatic rings. The number of hydrogen-bond donors (Lipinski definition) is 2. The normalized spacial score (nSPS) is 14.0. The van der Waals surface area contributed by atoms with Crippen LogP contribution in [0.15, 0.2) is 41.3 Å². The van der Waals surface area contributed by atoms with Crippen LogP contribution in [0.2, 0.25) is 5.02 Å². The third-order valence-corrected chi connectivity index (χ3v) is 6.11. The van der Waals surface area contributed by atoms with E-state index < -0.39 is 23.4 Å². The van der Waals surface area contributed by atoms with Crippen molar-refractivity contribution < 1.29 is 27.4 Å². The first-order chi connectivity index (χ1) is 17.9. The maximum atomic E-state index is 13.3. The summed E-state index contributed by atoms with van der Waals surface area (Å²) in [5, 5.41) is 2.43. The molecule has 2 atom stereocenters. The lowest BCUT2D eigenvalue weighted by atomic mass is 10.0. The number of pyridine rings is 1. The fourth-order valence-corrected chi connectivity index (χ4v) is 3.65. The number of halogens is 4. The van der Waals surface area contributed by atoms with Crippen molar-refractivity contribution in [2.24, 2.45) is 0 Å². The van der Waals surface area contributed by atoms with Gasteiger partial charge in [-0.2, -0.15) is 18.2 Å². The lowest BCUT2D eigenvalue weighted by Crippen LogP contribution is -2.55. The van der Waals surface area contributed by atoms with Crippen molar-refractivity contribution in [1.29, 1.82) is 0 Å². The molecule has 38 heavy (non-hydrogen) atoms. The molecular weight excluding hydrogens is 527 g/mol. The Kier molecular flexibility index (Phi) is 9.10. The summed E-state index contributed by atoms with van der Waals surface area (Å²) in [6.07, 6.45) is -1.59. The fraction of sp³-hybridized carbons (Fsp3) is 0.400. The maximum absolute atomic E-state index is 13.3. The number of hydrogen-bond acceptors (Lipinski definition) is 7. The van der Waals surface area contributed by atoms with Gasteiger partial charge < -0.3 is 14.8 Å². The highest BCUT2D eigenvalue weighted by molar-refractivity contribution is 6.33. The molecule has 9 nitrogen and oxygen atoms in total. The van der Waals surface area contributed by atoms with Crippen molar-refractivity contribution in [1.82, 2.24) is 25.3 Å². The van der Waals surface area contributed by atoms with Crippen LogP contribution in [0, 0.1) is 0 Å². The summed E-state index contributed by atoms with van der Waals surface area (Å²) in [6, 6.07) is 7.80. The van der Waals surface area contributed by atoms with Gasteiger partial charge in [-0.3, -0.25) is 9.78 Å². The minimum absolute atomic E-state index is 0.00307. The summed E-state index contributed by atoms with van der Waals surface area (Å²) in [7, 11) is 0.805. The Morgan fingerprint density at radius 3 is 2.55 bits per heavy atom. The molecule has 0 aliphatic carbocycles. The number of amides is 1. The monoisotopic (exact) mass is 553 g/mol. The van der Waals surface area contributed by atoms with Crippen molar-refractivity contribution in [3.63, 3.8) is 0 Å². The Morgan fingerprint density at radius 1 is 1.21 bits per heavy atom. The molecule has 0 spiro atoms. The van der Waals surface area contributed by atoms with Gasteiger partial charge in [0.25, 0.3) is 5.91 Å². The van der Waals surface area contributed by atoms with Crippen molar-refractivity contribution >= 4 is 17.5 Å². The van der Waals surface area contributed by atoms with Crippen molar-refractivity contribution in [3.05, 3.63) is 57.6 Å². The topological polar surface area (TPSA) is 119 Å². The zero-order valence-electron chi connectivity index (χ0n) is 21.1. The summed E-state index contributed by atoms with van der Waals surface area (Å²) >= 11 is 6.33. The smallest absolute Gasteiger partial charge is 0.426 e. The number of methoxy groups -OCH3 is 1. The van der Waals surface area contributed by atoms with E-state index >= 15 is 0 Å². The minimum atomic E-state index is -4.92. The molecule has 0 unspecified atom stereocenters. The van der Waals surface area contributed by atoms with Crippen LogP contribution in [0.3, 0.4) is 0 Å². The lowest BCUT2D eigenvalue weighted by Gasteiger charge is -2.29. The number of carbonyl (C=O) groups excluding carboxylic acids is 1. The Labute approximate surface area is 221 Å². The van der Waals surface area contributed by atoms with Crippen molar-refractivity contribution in [2.75, 3.05) is 7.11 Å². The molecule has 0 saturated heterocycles. The van der Waals surface area contributed by atoms with Crippen molar-refractivity contribution in [2.45, 2.75) is 58.0 Å². The average Bonchev–Trinajstić information content (AvgIpc) is 2.87. The van der Waals surface area contributed by atoms with E-state index in [1.807, 2.05) is 6.92 Å². The van der Waals surface area contributed by atoms with Gasteiger partial charge >= 0.3 is 11.9 Å². The van der Waals surface area contributed by atoms with Gasteiger partial charge in [0.1, 0.15) is 5.82 Å². The first kappa shape index (κ1) is 29.1. The van der Waals surface area contributed by atoms with E-state index in [4.69, 9.17) is 16.3 Å². The third-order valence-electron chi connectivity index (χ3n) is 5.78. The van der Waals surface area contributed by atoms with Gasteiger partial charge in [-0.25, -0.2) is 14.8 Å². The molecule has 0 radical (unpaired) electrons. The fourth-order valence-electron chi connectivity index (χ4n) is 3.45. The van der Waals surface area contributed by atoms with Crippen LogP contribution in [0.1, 0.15) is 39.2 Å². The quantitative estimate of drug-likeness (QED) is 0.373. The van der Waals surface area contributed by atoms with Crippen molar-refractivity contribution in [3.8, 4) is 28.7 Å². The molecule has 0 saturated carbocycles. The molecule has 0 bridgehead atoms. The summed E-state index contributed by atoms with van der Waals surface area (Å²) in [5.74, 6) is -0.772. The highest BCUT2D eigenvalue weighted by atomic mass is 35.5. The second-order valence-electron chi connectivity index (χ2n) is 8.66. The van der Waals surface area contributed by atoms with Crippen LogP contribution in [-0.4, -0.2) is 50.8 Å². The largest absolute Gasteiger partial charge is 0.475 e. The Hall–Kier alpha value is -3.51. The number of ether oxygens (including phenoxy) is 2. The van der Waals surface area contributed by atoms with E-state index in [1.165, 1.54) is 24.4 Å². The predicted octanol–water partition coefficient (Wildman–Crippen LogP) is 4.70. The van der Waals surface area contributed by atoms with Crippen LogP contribution in [-0.2, 0) is 16.1 Å². The number of benzene rings is 1. The lowest BCUT2D eigenvalue weighted by molar-refractivity contribution is -0.253. The SMILES string of the molecule is CCC[C@H](C)Oc1ccc(-c2nc(-c3cc(CNC(=O)[C@@](C)(OC)C(F)(F)F)ccc3Cl)[nH]c(=O)n2)cn1. The van der Waals surface area contributed by atoms with Crippen LogP contribution >= 0.6 is 11.6 Å². The first-order valence-corrected chi connectivity index (χ1v) is 12.1. The van der Waals surface area contributed by atoms with Gasteiger partial charge in [-0.15, -0.1) is 0 Å². The molecule has 0 aliphatic rings. The summed E-state index contributed by atoms with van der Waals surface area (Å²) in [5.41, 5.74) is -2.57. The summed E-state index contributed by atoms with van der Waals surface area (Å²) in [6.45, 7) is 4.38. The number of nitrogens with one attached hydrogen (secondary N) is 2. The number of H-pyrrole nitrogens is 1. The van der Waals surface area contributed by atoms with Gasteiger partial charge in [0.15, 0.2) is 5.82 Å². The van der Waals surface area contributed by atoms with Gasteiger partial charge in [0.2, 0.25) is 11.5 Å². The summed E-state index contributed by atoms with van der Waals surface area (Å²) in [4.78, 5) is 39.6. The Bertz CT molecular complexity index is 1330. The molecule has 1 amide bonds. The number of aromatic amines is 1. The first-order valence-electron chi connectivity index (χ1n) is 11.7. The average molecular weight is 554 g/mol. The van der Waals surface area contributed by atoms with Crippen LogP contribution < -0.4 is 15.7 Å². The highest BCUT2D eigenvalue weighted by Crippen LogP contribution is 2.33. The minimum Gasteiger partial charge on any atom is -0.475 e. The predicted molar refractivity (Wildman–Crippen MR) is 135 cm³/mol. The zero-order valence-corrected chi connectivity index (χ0v) is 21.9. The van der Waals surface area contributed by atoms with Gasteiger partial charge in [0, 0.05) is 37.0 Å². The van der Waals surface area contributed by atoms with E-state index in [1.54, 1.807) is 12.1 Å². The molecule has 3 rings (SSSR count). The van der Waals surface area contributed by atoms with Gasteiger partial charge in [-0.05, 0) is 44.0 Å². The van der Waals surface area contributed by atoms with E-state index in [0.717, 1.165) is 20.0 Å². The number of alkyl halides is 3. The van der Waals surface area contributed by atoms with E-state index in [-0.39, 0.29) is 34.9 Å². The molecule has 13 heteroatoms. The molecule has 2 N–H and O–H groups in total. The number of carbonyl (C=O) groups is 1. The second kappa shape index (κ2) is 11.9. The Balaban J connectivity index is 1.85. The maximum Gasteiger partial charge on any atom is 0.426 e. The van der Waals surface area contributed by atoms with Crippen LogP contribution in [0.4, 0.5) is 13.2 Å². The molecule has 204 valence electrons. The van der Waals surface area contributed by atoms with E-state index in [9.17, 15) is 22.8 Å². The number of aromatic nitrogens is 4. The number of rotatable bonds is 10. The molecular formula is C25H27ClF3N5O4. The van der Waals surface area contributed by atoms with Gasteiger partial charge in [0.05, 0.1) is 11.1 Å². The Morgan fingerprint density at radius 2 is 1.95 bits per heavy atom. The van der Waals surface area contributed by atoms with Crippen LogP contribution in [0.25, 0.3) is 22.8 Å². The van der Waals surface area contributed by atoms with Crippen LogP contribution in [0.5, 0.6) is 5.88 Å². The molecule has 1 aromatic carbocycles. The molecule has 0 aliphatic heterocycles. The molecule has 0 fully saturated rings. The number of nitrogens with zero attached hydrogens (tertiary/aromatic N) is 3. The van der Waals surface area contributed by atoms with Gasteiger partial charge in [-0.1, -0.05) is 31.0 Å². The standard InChI is InChI=1S/C25H27ClF3N5O4/c1-5-6-14(2)38-19-10-8-16(13-30-19)20-32-21(34-23(36)33-20)17-11-15(7-9-18(17)26)12-31-22(35)24(3,37-4)25(27,28)29/h7-11,13-14H,5-6,12H2,1-4H3,(H,31,35)(H,32,33,34,36)/t14-,24+/m0/s1. The molecule has 2 aromatic heterocycles. The highest BCUT2D eigenvalue weighted by Gasteiger charge is 2.57. The molecule has 2 heterocycles. The second-order valence-corrected chi connectivity index (χ2v) is 9.07.